The molecule has 4 rings (SSSR count). The zero-order valence-electron chi connectivity index (χ0n) is 19.5. The SMILES string of the molecule is CC(C)(C)OC(=O)N1C=CC[C@H]1COC(c1ccccc1)(c1ccccc1)c1ccccc1. The van der Waals surface area contributed by atoms with Gasteiger partial charge in [-0.1, -0.05) is 97.1 Å². The molecule has 3 aromatic rings. The fraction of sp³-hybridized carbons (Fsp3) is 0.276. The van der Waals surface area contributed by atoms with Crippen molar-refractivity contribution in [2.24, 2.45) is 0 Å². The van der Waals surface area contributed by atoms with E-state index in [4.69, 9.17) is 9.47 Å². The third-order valence-corrected chi connectivity index (χ3v) is 5.71. The van der Waals surface area contributed by atoms with Crippen LogP contribution in [0.25, 0.3) is 0 Å². The summed E-state index contributed by atoms with van der Waals surface area (Å²) in [6, 6.07) is 30.6. The smallest absolute Gasteiger partial charge is 0.414 e. The average molecular weight is 442 g/mol. The first-order chi connectivity index (χ1) is 15.9. The van der Waals surface area contributed by atoms with Gasteiger partial charge in [-0.2, -0.15) is 0 Å². The molecule has 1 aliphatic heterocycles. The van der Waals surface area contributed by atoms with Crippen LogP contribution in [0.2, 0.25) is 0 Å². The maximum atomic E-state index is 12.8. The van der Waals surface area contributed by atoms with E-state index in [9.17, 15) is 4.79 Å². The van der Waals surface area contributed by atoms with E-state index in [1.54, 1.807) is 11.1 Å². The minimum atomic E-state index is -0.814. The molecule has 0 radical (unpaired) electrons. The standard InChI is InChI=1S/C29H31NO3/c1-28(2,3)33-27(31)30-21-13-20-26(30)22-32-29(23-14-7-4-8-15-23,24-16-9-5-10-17-24)25-18-11-6-12-19-25/h4-19,21,26H,20,22H2,1-3H3/t26-/m0/s1. The highest BCUT2D eigenvalue weighted by Gasteiger charge is 2.39. The Bertz CT molecular complexity index is 975. The number of amides is 1. The lowest BCUT2D eigenvalue weighted by molar-refractivity contribution is -0.0212. The highest BCUT2D eigenvalue weighted by molar-refractivity contribution is 5.70. The molecule has 4 nitrogen and oxygen atoms in total. The highest BCUT2D eigenvalue weighted by Crippen LogP contribution is 2.41. The minimum absolute atomic E-state index is 0.143. The molecule has 1 amide bonds. The zero-order valence-corrected chi connectivity index (χ0v) is 19.5. The number of rotatable bonds is 6. The normalized spacial score (nSPS) is 16.1. The molecule has 0 spiro atoms. The Morgan fingerprint density at radius 1 is 0.818 bits per heavy atom. The van der Waals surface area contributed by atoms with Gasteiger partial charge < -0.3 is 9.47 Å². The summed E-state index contributed by atoms with van der Waals surface area (Å²) in [6.45, 7) is 5.98. The summed E-state index contributed by atoms with van der Waals surface area (Å²) in [5.74, 6) is 0. The Labute approximate surface area is 196 Å². The largest absolute Gasteiger partial charge is 0.443 e. The van der Waals surface area contributed by atoms with Crippen LogP contribution in [0.4, 0.5) is 4.79 Å². The zero-order chi connectivity index (χ0) is 23.3. The average Bonchev–Trinajstić information content (AvgIpc) is 3.30. The first-order valence-corrected chi connectivity index (χ1v) is 11.4. The Kier molecular flexibility index (Phi) is 6.66. The number of benzene rings is 3. The second kappa shape index (κ2) is 9.63. The Hall–Kier alpha value is -3.37. The predicted octanol–water partition coefficient (Wildman–Crippen LogP) is 6.52. The van der Waals surface area contributed by atoms with Gasteiger partial charge in [0.15, 0.2) is 0 Å². The molecule has 3 aromatic carbocycles. The fourth-order valence-corrected chi connectivity index (χ4v) is 4.23. The Morgan fingerprint density at radius 3 is 1.70 bits per heavy atom. The van der Waals surface area contributed by atoms with Gasteiger partial charge >= 0.3 is 6.09 Å². The van der Waals surface area contributed by atoms with Gasteiger partial charge in [0.05, 0.1) is 12.6 Å². The van der Waals surface area contributed by atoms with Crippen molar-refractivity contribution in [1.29, 1.82) is 0 Å². The van der Waals surface area contributed by atoms with E-state index in [0.29, 0.717) is 13.0 Å². The molecule has 0 saturated heterocycles. The molecular weight excluding hydrogens is 410 g/mol. The van der Waals surface area contributed by atoms with Crippen LogP contribution in [-0.4, -0.2) is 29.2 Å². The lowest BCUT2D eigenvalue weighted by atomic mass is 9.80. The number of ether oxygens (including phenoxy) is 2. The number of nitrogens with zero attached hydrogens (tertiary/aromatic N) is 1. The quantitative estimate of drug-likeness (QED) is 0.409. The van der Waals surface area contributed by atoms with Crippen molar-refractivity contribution in [2.45, 2.75) is 44.4 Å². The van der Waals surface area contributed by atoms with Gasteiger partial charge in [-0.3, -0.25) is 4.90 Å². The third kappa shape index (κ3) is 5.01. The topological polar surface area (TPSA) is 38.8 Å². The lowest BCUT2D eigenvalue weighted by Crippen LogP contribution is -2.42. The van der Waals surface area contributed by atoms with E-state index in [-0.39, 0.29) is 12.1 Å². The molecule has 1 atom stereocenters. The summed E-state index contributed by atoms with van der Waals surface area (Å²) in [6.07, 6.45) is 4.16. The Morgan fingerprint density at radius 2 is 1.27 bits per heavy atom. The molecule has 0 bridgehead atoms. The van der Waals surface area contributed by atoms with E-state index >= 15 is 0 Å². The van der Waals surface area contributed by atoms with E-state index in [1.165, 1.54) is 0 Å². The third-order valence-electron chi connectivity index (χ3n) is 5.71. The van der Waals surface area contributed by atoms with Crippen LogP contribution in [0, 0.1) is 0 Å². The van der Waals surface area contributed by atoms with Crippen LogP contribution in [-0.2, 0) is 15.1 Å². The van der Waals surface area contributed by atoms with Crippen molar-refractivity contribution in [3.8, 4) is 0 Å². The van der Waals surface area contributed by atoms with Gasteiger partial charge in [0, 0.05) is 6.20 Å². The van der Waals surface area contributed by atoms with Gasteiger partial charge in [-0.15, -0.1) is 0 Å². The van der Waals surface area contributed by atoms with E-state index < -0.39 is 11.2 Å². The van der Waals surface area contributed by atoms with Crippen LogP contribution in [0.1, 0.15) is 43.9 Å². The van der Waals surface area contributed by atoms with Crippen molar-refractivity contribution in [3.63, 3.8) is 0 Å². The second-order valence-electron chi connectivity index (χ2n) is 9.25. The molecule has 0 unspecified atom stereocenters. The van der Waals surface area contributed by atoms with Crippen molar-refractivity contribution in [2.75, 3.05) is 6.61 Å². The summed E-state index contributed by atoms with van der Waals surface area (Å²) in [7, 11) is 0. The van der Waals surface area contributed by atoms with E-state index in [1.807, 2.05) is 81.4 Å². The molecule has 0 N–H and O–H groups in total. The van der Waals surface area contributed by atoms with Gasteiger partial charge in [0.1, 0.15) is 11.2 Å². The van der Waals surface area contributed by atoms with E-state index in [0.717, 1.165) is 16.7 Å². The molecule has 4 heteroatoms. The number of carbonyl (C=O) groups is 1. The second-order valence-corrected chi connectivity index (χ2v) is 9.25. The molecular formula is C29H31NO3. The van der Waals surface area contributed by atoms with Gasteiger partial charge in [0.2, 0.25) is 0 Å². The van der Waals surface area contributed by atoms with Crippen LogP contribution in [0.5, 0.6) is 0 Å². The summed E-state index contributed by atoms with van der Waals surface area (Å²) in [5.41, 5.74) is 1.75. The van der Waals surface area contributed by atoms with Crippen LogP contribution in [0.15, 0.2) is 103 Å². The first kappa shape index (κ1) is 22.8. The highest BCUT2D eigenvalue weighted by atomic mass is 16.6. The lowest BCUT2D eigenvalue weighted by Gasteiger charge is -2.38. The van der Waals surface area contributed by atoms with Crippen LogP contribution < -0.4 is 0 Å². The molecule has 1 aliphatic rings. The fourth-order valence-electron chi connectivity index (χ4n) is 4.23. The van der Waals surface area contributed by atoms with E-state index in [2.05, 4.69) is 36.4 Å². The molecule has 1 heterocycles. The molecule has 0 aromatic heterocycles. The summed E-state index contributed by atoms with van der Waals surface area (Å²) in [5, 5.41) is 0. The van der Waals surface area contributed by atoms with Crippen molar-refractivity contribution < 1.29 is 14.3 Å². The first-order valence-electron chi connectivity index (χ1n) is 11.4. The summed E-state index contributed by atoms with van der Waals surface area (Å²) >= 11 is 0. The number of hydrogen-bond acceptors (Lipinski definition) is 3. The number of carbonyl (C=O) groups excluding carboxylic acids is 1. The van der Waals surface area contributed by atoms with Crippen LogP contribution in [0.3, 0.4) is 0 Å². The van der Waals surface area contributed by atoms with Crippen LogP contribution >= 0.6 is 0 Å². The predicted molar refractivity (Wildman–Crippen MR) is 131 cm³/mol. The maximum absolute atomic E-state index is 12.8. The van der Waals surface area contributed by atoms with Crippen molar-refractivity contribution >= 4 is 6.09 Å². The molecule has 170 valence electrons. The Balaban J connectivity index is 1.71. The van der Waals surface area contributed by atoms with Gasteiger partial charge in [-0.05, 0) is 43.9 Å². The summed E-state index contributed by atoms with van der Waals surface area (Å²) in [4.78, 5) is 14.5. The van der Waals surface area contributed by atoms with Gasteiger partial charge in [0.25, 0.3) is 0 Å². The van der Waals surface area contributed by atoms with Crippen molar-refractivity contribution in [1.82, 2.24) is 4.90 Å². The van der Waals surface area contributed by atoms with Crippen molar-refractivity contribution in [3.05, 3.63) is 120 Å². The summed E-state index contributed by atoms with van der Waals surface area (Å²) < 4.78 is 12.5. The molecule has 33 heavy (non-hydrogen) atoms. The minimum Gasteiger partial charge on any atom is -0.443 e. The molecule has 0 saturated carbocycles. The molecule has 0 fully saturated rings. The monoisotopic (exact) mass is 441 g/mol. The maximum Gasteiger partial charge on any atom is 0.414 e. The number of hydrogen-bond donors (Lipinski definition) is 0. The molecule has 0 aliphatic carbocycles. The van der Waals surface area contributed by atoms with Gasteiger partial charge in [-0.25, -0.2) is 4.79 Å².